The highest BCUT2D eigenvalue weighted by molar-refractivity contribution is 5.94. The Morgan fingerprint density at radius 3 is 2.58 bits per heavy atom. The molecule has 0 saturated heterocycles. The van der Waals surface area contributed by atoms with Crippen LogP contribution in [0, 0.1) is 0 Å². The van der Waals surface area contributed by atoms with Crippen molar-refractivity contribution in [1.82, 2.24) is 10.2 Å². The first-order chi connectivity index (χ1) is 9.12. The van der Waals surface area contributed by atoms with E-state index in [1.165, 1.54) is 13.2 Å². The standard InChI is InChI=1S/C14H22N2O3/c1-4-16(5-2)9-8-15-14(18)11-6-7-13(19-3)12(17)10-11/h6-7,10,17H,4-5,8-9H2,1-3H3,(H,15,18). The van der Waals surface area contributed by atoms with Gasteiger partial charge in [-0.1, -0.05) is 13.8 Å². The second-order valence-electron chi connectivity index (χ2n) is 4.17. The number of phenolic OH excluding ortho intramolecular Hbond substituents is 1. The lowest BCUT2D eigenvalue weighted by Gasteiger charge is -2.18. The Labute approximate surface area is 114 Å². The number of methoxy groups -OCH3 is 1. The van der Waals surface area contributed by atoms with Crippen LogP contribution in [0.15, 0.2) is 18.2 Å². The van der Waals surface area contributed by atoms with Crippen molar-refractivity contribution in [3.8, 4) is 11.5 Å². The summed E-state index contributed by atoms with van der Waals surface area (Å²) in [5, 5.41) is 12.4. The maximum Gasteiger partial charge on any atom is 0.251 e. The summed E-state index contributed by atoms with van der Waals surface area (Å²) < 4.78 is 4.93. The van der Waals surface area contributed by atoms with Crippen LogP contribution in [0.1, 0.15) is 24.2 Å². The van der Waals surface area contributed by atoms with Gasteiger partial charge in [-0.05, 0) is 31.3 Å². The molecule has 5 heteroatoms. The number of aromatic hydroxyl groups is 1. The number of carbonyl (C=O) groups is 1. The SMILES string of the molecule is CCN(CC)CCNC(=O)c1ccc(OC)c(O)c1. The van der Waals surface area contributed by atoms with Crippen LogP contribution in [0.5, 0.6) is 11.5 Å². The van der Waals surface area contributed by atoms with E-state index in [0.717, 1.165) is 19.6 Å². The summed E-state index contributed by atoms with van der Waals surface area (Å²) in [6.45, 7) is 7.53. The Bertz CT molecular complexity index is 417. The maximum atomic E-state index is 11.9. The zero-order valence-corrected chi connectivity index (χ0v) is 11.8. The van der Waals surface area contributed by atoms with E-state index < -0.39 is 0 Å². The van der Waals surface area contributed by atoms with E-state index in [9.17, 15) is 9.90 Å². The molecule has 1 aromatic rings. The highest BCUT2D eigenvalue weighted by atomic mass is 16.5. The van der Waals surface area contributed by atoms with Crippen LogP contribution in [-0.2, 0) is 0 Å². The molecule has 0 unspecified atom stereocenters. The molecule has 1 amide bonds. The molecule has 2 N–H and O–H groups in total. The first-order valence-corrected chi connectivity index (χ1v) is 6.49. The Morgan fingerprint density at radius 1 is 1.37 bits per heavy atom. The molecule has 0 atom stereocenters. The molecule has 0 heterocycles. The largest absolute Gasteiger partial charge is 0.504 e. The Hall–Kier alpha value is -1.75. The van der Waals surface area contributed by atoms with Gasteiger partial charge in [0.15, 0.2) is 11.5 Å². The van der Waals surface area contributed by atoms with Gasteiger partial charge in [-0.2, -0.15) is 0 Å². The molecule has 1 rings (SSSR count). The van der Waals surface area contributed by atoms with Crippen molar-refractivity contribution in [2.45, 2.75) is 13.8 Å². The number of amides is 1. The highest BCUT2D eigenvalue weighted by Crippen LogP contribution is 2.25. The second kappa shape index (κ2) is 7.63. The van der Waals surface area contributed by atoms with Crippen molar-refractivity contribution in [3.63, 3.8) is 0 Å². The fraction of sp³-hybridized carbons (Fsp3) is 0.500. The van der Waals surface area contributed by atoms with E-state index in [1.54, 1.807) is 12.1 Å². The number of nitrogens with one attached hydrogen (secondary N) is 1. The predicted octanol–water partition coefficient (Wildman–Crippen LogP) is 1.47. The molecule has 0 aliphatic carbocycles. The van der Waals surface area contributed by atoms with Gasteiger partial charge in [0.25, 0.3) is 5.91 Å². The maximum absolute atomic E-state index is 11.9. The van der Waals surface area contributed by atoms with Crippen LogP contribution in [0.4, 0.5) is 0 Å². The van der Waals surface area contributed by atoms with Gasteiger partial charge in [0.2, 0.25) is 0 Å². The van der Waals surface area contributed by atoms with Crippen molar-refractivity contribution >= 4 is 5.91 Å². The Morgan fingerprint density at radius 2 is 2.05 bits per heavy atom. The Kier molecular flexibility index (Phi) is 6.15. The van der Waals surface area contributed by atoms with E-state index in [-0.39, 0.29) is 11.7 Å². The minimum absolute atomic E-state index is 0.0288. The quantitative estimate of drug-likeness (QED) is 0.784. The van der Waals surface area contributed by atoms with Crippen LogP contribution < -0.4 is 10.1 Å². The molecule has 0 radical (unpaired) electrons. The molecule has 0 aromatic heterocycles. The number of rotatable bonds is 7. The van der Waals surface area contributed by atoms with Crippen molar-refractivity contribution in [3.05, 3.63) is 23.8 Å². The molecule has 19 heavy (non-hydrogen) atoms. The normalized spacial score (nSPS) is 10.5. The summed E-state index contributed by atoms with van der Waals surface area (Å²) in [5.41, 5.74) is 0.429. The summed E-state index contributed by atoms with van der Waals surface area (Å²) in [7, 11) is 1.47. The Balaban J connectivity index is 2.52. The second-order valence-corrected chi connectivity index (χ2v) is 4.17. The number of hydrogen-bond donors (Lipinski definition) is 2. The molecule has 1 aromatic carbocycles. The molecule has 0 fully saturated rings. The van der Waals surface area contributed by atoms with E-state index in [4.69, 9.17) is 4.74 Å². The third-order valence-corrected chi connectivity index (χ3v) is 3.05. The lowest BCUT2D eigenvalue weighted by atomic mass is 10.2. The summed E-state index contributed by atoms with van der Waals surface area (Å²) in [6.07, 6.45) is 0. The lowest BCUT2D eigenvalue weighted by Crippen LogP contribution is -2.34. The van der Waals surface area contributed by atoms with Crippen LogP contribution in [0.2, 0.25) is 0 Å². The van der Waals surface area contributed by atoms with Gasteiger partial charge in [-0.3, -0.25) is 4.79 Å². The molecule has 0 spiro atoms. The average molecular weight is 266 g/mol. The molecule has 106 valence electrons. The minimum Gasteiger partial charge on any atom is -0.504 e. The van der Waals surface area contributed by atoms with Gasteiger partial charge in [0.05, 0.1) is 7.11 Å². The van der Waals surface area contributed by atoms with Gasteiger partial charge in [-0.15, -0.1) is 0 Å². The van der Waals surface area contributed by atoms with Crippen molar-refractivity contribution in [1.29, 1.82) is 0 Å². The first kappa shape index (κ1) is 15.3. The zero-order chi connectivity index (χ0) is 14.3. The highest BCUT2D eigenvalue weighted by Gasteiger charge is 2.09. The number of phenols is 1. The fourth-order valence-corrected chi connectivity index (χ4v) is 1.80. The van der Waals surface area contributed by atoms with Crippen LogP contribution in [-0.4, -0.2) is 49.2 Å². The fourth-order valence-electron chi connectivity index (χ4n) is 1.80. The average Bonchev–Trinajstić information content (AvgIpc) is 2.43. The third-order valence-electron chi connectivity index (χ3n) is 3.05. The van der Waals surface area contributed by atoms with Gasteiger partial charge < -0.3 is 20.1 Å². The smallest absolute Gasteiger partial charge is 0.251 e. The van der Waals surface area contributed by atoms with Gasteiger partial charge >= 0.3 is 0 Å². The number of benzene rings is 1. The van der Waals surface area contributed by atoms with E-state index in [0.29, 0.717) is 17.9 Å². The van der Waals surface area contributed by atoms with Crippen LogP contribution in [0.25, 0.3) is 0 Å². The van der Waals surface area contributed by atoms with Crippen LogP contribution in [0.3, 0.4) is 0 Å². The molecule has 5 nitrogen and oxygen atoms in total. The molecular formula is C14H22N2O3. The lowest BCUT2D eigenvalue weighted by molar-refractivity contribution is 0.0948. The van der Waals surface area contributed by atoms with Crippen molar-refractivity contribution in [2.75, 3.05) is 33.3 Å². The first-order valence-electron chi connectivity index (χ1n) is 6.49. The number of carbonyl (C=O) groups excluding carboxylic acids is 1. The number of hydrogen-bond acceptors (Lipinski definition) is 4. The summed E-state index contributed by atoms with van der Waals surface area (Å²) in [4.78, 5) is 14.1. The molecule has 0 aliphatic rings. The number of ether oxygens (including phenoxy) is 1. The molecule has 0 aliphatic heterocycles. The van der Waals surface area contributed by atoms with Gasteiger partial charge in [0.1, 0.15) is 0 Å². The zero-order valence-electron chi connectivity index (χ0n) is 11.8. The van der Waals surface area contributed by atoms with E-state index in [1.807, 2.05) is 0 Å². The topological polar surface area (TPSA) is 61.8 Å². The van der Waals surface area contributed by atoms with E-state index in [2.05, 4.69) is 24.1 Å². The number of nitrogens with zero attached hydrogens (tertiary/aromatic N) is 1. The minimum atomic E-state index is -0.190. The third kappa shape index (κ3) is 4.44. The van der Waals surface area contributed by atoms with Crippen molar-refractivity contribution < 1.29 is 14.6 Å². The van der Waals surface area contributed by atoms with Crippen LogP contribution >= 0.6 is 0 Å². The summed E-state index contributed by atoms with van der Waals surface area (Å²) >= 11 is 0. The summed E-state index contributed by atoms with van der Waals surface area (Å²) in [5.74, 6) is 0.142. The van der Waals surface area contributed by atoms with Crippen molar-refractivity contribution in [2.24, 2.45) is 0 Å². The predicted molar refractivity (Wildman–Crippen MR) is 74.8 cm³/mol. The molecule has 0 bridgehead atoms. The van der Waals surface area contributed by atoms with E-state index >= 15 is 0 Å². The van der Waals surface area contributed by atoms with Gasteiger partial charge in [-0.25, -0.2) is 0 Å². The van der Waals surface area contributed by atoms with Gasteiger partial charge in [0, 0.05) is 18.7 Å². The monoisotopic (exact) mass is 266 g/mol. The summed E-state index contributed by atoms with van der Waals surface area (Å²) in [6, 6.07) is 4.62. The number of likely N-dealkylation sites (N-methyl/N-ethyl adjacent to an activating group) is 1. The molecular weight excluding hydrogens is 244 g/mol. The molecule has 0 saturated carbocycles.